The van der Waals surface area contributed by atoms with E-state index in [1.54, 1.807) is 7.11 Å². The number of likely N-dealkylation sites (tertiary alicyclic amines) is 1. The molecule has 1 amide bonds. The summed E-state index contributed by atoms with van der Waals surface area (Å²) in [4.78, 5) is 27.2. The molecule has 2 aliphatic heterocycles. The van der Waals surface area contributed by atoms with Gasteiger partial charge in [0.2, 0.25) is 0 Å². The molecule has 0 N–H and O–H groups in total. The minimum absolute atomic E-state index is 0.0390. The Kier molecular flexibility index (Phi) is 4.43. The largest absolute Gasteiger partial charge is 0.497 e. The van der Waals surface area contributed by atoms with Gasteiger partial charge in [-0.25, -0.2) is 0 Å². The SMILES string of the molecule is COc1ccc2c(c1)CCOC21CCN(C(=O)c2cccc3c2CCC3=O)CC1. The highest BCUT2D eigenvalue weighted by molar-refractivity contribution is 6.05. The summed E-state index contributed by atoms with van der Waals surface area (Å²) in [7, 11) is 1.69. The minimum atomic E-state index is -0.314. The van der Waals surface area contributed by atoms with Crippen LogP contribution in [0.5, 0.6) is 5.75 Å². The number of hydrogen-bond acceptors (Lipinski definition) is 4. The van der Waals surface area contributed by atoms with Crippen LogP contribution in [0.1, 0.15) is 56.7 Å². The van der Waals surface area contributed by atoms with Crippen molar-refractivity contribution in [2.24, 2.45) is 0 Å². The predicted octanol–water partition coefficient (Wildman–Crippen LogP) is 3.53. The quantitative estimate of drug-likeness (QED) is 0.786. The number of rotatable bonds is 2. The highest BCUT2D eigenvalue weighted by Gasteiger charge is 2.42. The van der Waals surface area contributed by atoms with Crippen LogP contribution in [0, 0.1) is 0 Å². The van der Waals surface area contributed by atoms with Crippen molar-refractivity contribution < 1.29 is 19.1 Å². The van der Waals surface area contributed by atoms with Crippen molar-refractivity contribution in [2.75, 3.05) is 26.8 Å². The molecular weight excluding hydrogens is 366 g/mol. The minimum Gasteiger partial charge on any atom is -0.497 e. The average molecular weight is 391 g/mol. The van der Waals surface area contributed by atoms with Crippen LogP contribution in [0.3, 0.4) is 0 Å². The van der Waals surface area contributed by atoms with Crippen molar-refractivity contribution in [3.8, 4) is 5.75 Å². The lowest BCUT2D eigenvalue weighted by atomic mass is 9.79. The number of hydrogen-bond donors (Lipinski definition) is 0. The summed E-state index contributed by atoms with van der Waals surface area (Å²) < 4.78 is 11.7. The number of ketones is 1. The Morgan fingerprint density at radius 3 is 2.72 bits per heavy atom. The summed E-state index contributed by atoms with van der Waals surface area (Å²) in [5, 5.41) is 0. The van der Waals surface area contributed by atoms with Gasteiger partial charge in [0, 0.05) is 30.6 Å². The summed E-state index contributed by atoms with van der Waals surface area (Å²) in [6, 6.07) is 11.8. The van der Waals surface area contributed by atoms with Crippen molar-refractivity contribution in [3.05, 3.63) is 64.2 Å². The molecule has 5 heteroatoms. The number of carbonyl (C=O) groups is 2. The Labute approximate surface area is 170 Å². The van der Waals surface area contributed by atoms with Crippen molar-refractivity contribution in [2.45, 2.75) is 37.7 Å². The zero-order valence-corrected chi connectivity index (χ0v) is 16.7. The first-order chi connectivity index (χ1) is 14.1. The van der Waals surface area contributed by atoms with Gasteiger partial charge in [0.1, 0.15) is 5.75 Å². The van der Waals surface area contributed by atoms with E-state index in [0.717, 1.165) is 36.1 Å². The molecule has 0 radical (unpaired) electrons. The predicted molar refractivity (Wildman–Crippen MR) is 109 cm³/mol. The number of methoxy groups -OCH3 is 1. The molecule has 2 aromatic carbocycles. The highest BCUT2D eigenvalue weighted by atomic mass is 16.5. The summed E-state index contributed by atoms with van der Waals surface area (Å²) in [5.74, 6) is 1.06. The van der Waals surface area contributed by atoms with Crippen LogP contribution in [0.4, 0.5) is 0 Å². The number of Topliss-reactive ketones (excluding diaryl/α,β-unsaturated/α-hetero) is 1. The van der Waals surface area contributed by atoms with E-state index in [2.05, 4.69) is 12.1 Å². The van der Waals surface area contributed by atoms with Crippen LogP contribution in [0.15, 0.2) is 36.4 Å². The summed E-state index contributed by atoms with van der Waals surface area (Å²) in [6.45, 7) is 2.01. The molecule has 1 saturated heterocycles. The van der Waals surface area contributed by atoms with Gasteiger partial charge in [0.05, 0.1) is 19.3 Å². The normalized spacial score (nSPS) is 19.8. The number of ether oxygens (including phenoxy) is 2. The molecule has 1 spiro atoms. The van der Waals surface area contributed by atoms with Crippen molar-refractivity contribution in [3.63, 3.8) is 0 Å². The lowest BCUT2D eigenvalue weighted by Gasteiger charge is -2.45. The molecule has 0 saturated carbocycles. The van der Waals surface area contributed by atoms with Crippen molar-refractivity contribution in [1.82, 2.24) is 4.90 Å². The molecule has 0 atom stereocenters. The molecule has 1 aliphatic carbocycles. The van der Waals surface area contributed by atoms with Crippen LogP contribution in [-0.4, -0.2) is 43.4 Å². The monoisotopic (exact) mass is 391 g/mol. The molecule has 5 nitrogen and oxygen atoms in total. The first-order valence-corrected chi connectivity index (χ1v) is 10.4. The van der Waals surface area contributed by atoms with Gasteiger partial charge < -0.3 is 14.4 Å². The number of nitrogens with zero attached hydrogens (tertiary/aromatic N) is 1. The molecule has 29 heavy (non-hydrogen) atoms. The molecule has 2 heterocycles. The van der Waals surface area contributed by atoms with E-state index < -0.39 is 0 Å². The third-order valence-corrected chi connectivity index (χ3v) is 6.72. The third-order valence-electron chi connectivity index (χ3n) is 6.72. The van der Waals surface area contributed by atoms with Crippen molar-refractivity contribution >= 4 is 11.7 Å². The number of benzene rings is 2. The van der Waals surface area contributed by atoms with Gasteiger partial charge in [-0.1, -0.05) is 18.2 Å². The fourth-order valence-corrected chi connectivity index (χ4v) is 5.13. The number of fused-ring (bicyclic) bond motifs is 3. The Balaban J connectivity index is 1.37. The number of amides is 1. The van der Waals surface area contributed by atoms with Crippen LogP contribution >= 0.6 is 0 Å². The van der Waals surface area contributed by atoms with Gasteiger partial charge in [-0.05, 0) is 60.6 Å². The summed E-state index contributed by atoms with van der Waals surface area (Å²) >= 11 is 0. The molecule has 150 valence electrons. The van der Waals surface area contributed by atoms with Crippen LogP contribution < -0.4 is 4.74 Å². The zero-order valence-electron chi connectivity index (χ0n) is 16.7. The molecule has 0 aromatic heterocycles. The van der Waals surface area contributed by atoms with Crippen LogP contribution in [0.2, 0.25) is 0 Å². The van der Waals surface area contributed by atoms with Gasteiger partial charge in [-0.3, -0.25) is 9.59 Å². The van der Waals surface area contributed by atoms with E-state index >= 15 is 0 Å². The zero-order chi connectivity index (χ0) is 20.0. The maximum Gasteiger partial charge on any atom is 0.254 e. The lowest BCUT2D eigenvalue weighted by Crippen LogP contribution is -2.48. The van der Waals surface area contributed by atoms with Crippen LogP contribution in [0.25, 0.3) is 0 Å². The fraction of sp³-hybridized carbons (Fsp3) is 0.417. The fourth-order valence-electron chi connectivity index (χ4n) is 5.13. The molecule has 3 aliphatic rings. The smallest absolute Gasteiger partial charge is 0.254 e. The number of piperidine rings is 1. The van der Waals surface area contributed by atoms with E-state index in [0.29, 0.717) is 38.1 Å². The van der Waals surface area contributed by atoms with Gasteiger partial charge in [-0.2, -0.15) is 0 Å². The second kappa shape index (κ2) is 6.99. The second-order valence-electron chi connectivity index (χ2n) is 8.16. The maximum atomic E-state index is 13.2. The van der Waals surface area contributed by atoms with E-state index in [9.17, 15) is 9.59 Å². The van der Waals surface area contributed by atoms with Gasteiger partial charge in [0.15, 0.2) is 5.78 Å². The van der Waals surface area contributed by atoms with E-state index in [-0.39, 0.29) is 17.3 Å². The second-order valence-corrected chi connectivity index (χ2v) is 8.16. The molecule has 1 fully saturated rings. The first kappa shape index (κ1) is 18.4. The van der Waals surface area contributed by atoms with E-state index in [1.165, 1.54) is 11.1 Å². The Morgan fingerprint density at radius 2 is 1.93 bits per heavy atom. The lowest BCUT2D eigenvalue weighted by molar-refractivity contribution is -0.0935. The first-order valence-electron chi connectivity index (χ1n) is 10.4. The summed E-state index contributed by atoms with van der Waals surface area (Å²) in [5.41, 5.74) is 4.55. The molecule has 0 bridgehead atoms. The molecular formula is C24H25NO4. The van der Waals surface area contributed by atoms with Crippen LogP contribution in [-0.2, 0) is 23.2 Å². The Bertz CT molecular complexity index is 988. The van der Waals surface area contributed by atoms with E-state index in [4.69, 9.17) is 9.47 Å². The van der Waals surface area contributed by atoms with Gasteiger partial charge >= 0.3 is 0 Å². The van der Waals surface area contributed by atoms with Crippen molar-refractivity contribution in [1.29, 1.82) is 0 Å². The molecule has 2 aromatic rings. The Hall–Kier alpha value is -2.66. The maximum absolute atomic E-state index is 13.2. The third kappa shape index (κ3) is 2.96. The van der Waals surface area contributed by atoms with Gasteiger partial charge in [-0.15, -0.1) is 0 Å². The average Bonchev–Trinajstić information content (AvgIpc) is 3.15. The van der Waals surface area contributed by atoms with E-state index in [1.807, 2.05) is 29.2 Å². The highest BCUT2D eigenvalue weighted by Crippen LogP contribution is 2.42. The molecule has 0 unspecified atom stereocenters. The Morgan fingerprint density at radius 1 is 1.10 bits per heavy atom. The summed E-state index contributed by atoms with van der Waals surface area (Å²) in [6.07, 6.45) is 3.64. The number of carbonyl (C=O) groups excluding carboxylic acids is 2. The molecule has 5 rings (SSSR count). The standard InChI is InChI=1S/C24H25NO4/c1-28-17-5-7-21-16(15-17)9-14-29-24(21)10-12-25(13-11-24)23(27)20-4-2-3-19-18(20)6-8-22(19)26/h2-5,7,15H,6,8-14H2,1H3. The van der Waals surface area contributed by atoms with Gasteiger partial charge in [0.25, 0.3) is 5.91 Å². The topological polar surface area (TPSA) is 55.8 Å².